The van der Waals surface area contributed by atoms with Gasteiger partial charge in [-0.05, 0) is 24.3 Å². The predicted molar refractivity (Wildman–Crippen MR) is 85.4 cm³/mol. The number of para-hydroxylation sites is 2. The Labute approximate surface area is 126 Å². The van der Waals surface area contributed by atoms with Crippen molar-refractivity contribution in [3.05, 3.63) is 48.5 Å². The summed E-state index contributed by atoms with van der Waals surface area (Å²) in [7, 11) is 0. The maximum atomic E-state index is 9.32. The first-order valence-corrected chi connectivity index (χ1v) is 7.09. The zero-order valence-corrected chi connectivity index (χ0v) is 11.8. The summed E-state index contributed by atoms with van der Waals surface area (Å²) in [5.74, 6) is 1.46. The number of nitrogen functional groups attached to an aromatic ring is 1. The number of anilines is 1. The first-order chi connectivity index (χ1) is 10.8. The monoisotopic (exact) mass is 293 g/mol. The number of hydrogen-bond donors (Lipinski definition) is 2. The number of aliphatic hydroxyl groups is 1. The van der Waals surface area contributed by atoms with Gasteiger partial charge in [0.05, 0.1) is 17.6 Å². The Balaban J connectivity index is 2.08. The van der Waals surface area contributed by atoms with Crippen molar-refractivity contribution in [2.75, 3.05) is 12.3 Å². The third kappa shape index (κ3) is 1.78. The predicted octanol–water partition coefficient (Wildman–Crippen LogP) is 1.93. The zero-order valence-electron chi connectivity index (χ0n) is 11.8. The van der Waals surface area contributed by atoms with Crippen molar-refractivity contribution in [2.45, 2.75) is 6.54 Å². The highest BCUT2D eigenvalue weighted by molar-refractivity contribution is 5.83. The molecule has 3 N–H and O–H groups in total. The van der Waals surface area contributed by atoms with Crippen molar-refractivity contribution in [1.29, 1.82) is 0 Å². The van der Waals surface area contributed by atoms with Crippen molar-refractivity contribution in [3.63, 3.8) is 0 Å². The van der Waals surface area contributed by atoms with E-state index in [9.17, 15) is 5.11 Å². The van der Waals surface area contributed by atoms with E-state index in [1.165, 1.54) is 0 Å². The summed E-state index contributed by atoms with van der Waals surface area (Å²) in [5.41, 5.74) is 9.51. The van der Waals surface area contributed by atoms with Crippen LogP contribution in [0.5, 0.6) is 0 Å². The van der Waals surface area contributed by atoms with Gasteiger partial charge >= 0.3 is 0 Å². The molecule has 0 radical (unpaired) electrons. The van der Waals surface area contributed by atoms with E-state index in [2.05, 4.69) is 10.2 Å². The van der Waals surface area contributed by atoms with Gasteiger partial charge in [-0.2, -0.15) is 0 Å². The third-order valence-corrected chi connectivity index (χ3v) is 3.77. The molecule has 0 spiro atoms. The number of fused-ring (bicyclic) bond motifs is 3. The lowest BCUT2D eigenvalue weighted by molar-refractivity contribution is 0.279. The number of benzene rings is 2. The Hall–Kier alpha value is -2.86. The summed E-state index contributed by atoms with van der Waals surface area (Å²) in [5, 5.41) is 17.9. The van der Waals surface area contributed by atoms with E-state index in [-0.39, 0.29) is 6.61 Å². The van der Waals surface area contributed by atoms with Crippen molar-refractivity contribution in [1.82, 2.24) is 19.2 Å². The molecule has 2 aromatic heterocycles. The van der Waals surface area contributed by atoms with E-state index in [0.717, 1.165) is 22.4 Å². The van der Waals surface area contributed by atoms with Crippen LogP contribution in [0.25, 0.3) is 28.2 Å². The first-order valence-electron chi connectivity index (χ1n) is 7.09. The van der Waals surface area contributed by atoms with Gasteiger partial charge in [-0.15, -0.1) is 10.2 Å². The van der Waals surface area contributed by atoms with E-state index in [0.29, 0.717) is 18.0 Å². The minimum absolute atomic E-state index is 0.0504. The van der Waals surface area contributed by atoms with Crippen LogP contribution in [-0.2, 0) is 6.54 Å². The molecule has 0 saturated heterocycles. The molecule has 0 saturated carbocycles. The van der Waals surface area contributed by atoms with Gasteiger partial charge in [0.1, 0.15) is 0 Å². The molecule has 6 heteroatoms. The van der Waals surface area contributed by atoms with E-state index in [4.69, 9.17) is 5.73 Å². The Morgan fingerprint density at radius 3 is 2.59 bits per heavy atom. The Morgan fingerprint density at radius 2 is 1.82 bits per heavy atom. The second-order valence-corrected chi connectivity index (χ2v) is 5.15. The van der Waals surface area contributed by atoms with Crippen molar-refractivity contribution >= 4 is 22.5 Å². The van der Waals surface area contributed by atoms with Gasteiger partial charge in [-0.25, -0.2) is 0 Å². The normalized spacial score (nSPS) is 11.5. The van der Waals surface area contributed by atoms with E-state index >= 15 is 0 Å². The minimum atomic E-state index is 0.0504. The number of hydrogen-bond acceptors (Lipinski definition) is 4. The van der Waals surface area contributed by atoms with Crippen LogP contribution in [0.1, 0.15) is 0 Å². The van der Waals surface area contributed by atoms with Gasteiger partial charge in [-0.3, -0.25) is 4.40 Å². The van der Waals surface area contributed by atoms with Crippen molar-refractivity contribution < 1.29 is 5.11 Å². The van der Waals surface area contributed by atoms with E-state index in [1.54, 1.807) is 0 Å². The maximum absolute atomic E-state index is 9.32. The molecule has 0 fully saturated rings. The molecule has 0 bridgehead atoms. The number of aliphatic hydroxyl groups excluding tert-OH is 1. The van der Waals surface area contributed by atoms with Crippen LogP contribution in [0.15, 0.2) is 48.5 Å². The molecule has 6 nitrogen and oxygen atoms in total. The fraction of sp³-hybridized carbons (Fsp3) is 0.125. The fourth-order valence-electron chi connectivity index (χ4n) is 2.85. The molecule has 22 heavy (non-hydrogen) atoms. The lowest BCUT2D eigenvalue weighted by atomic mass is 10.2. The molecule has 0 unspecified atom stereocenters. The molecule has 4 aromatic rings. The minimum Gasteiger partial charge on any atom is -0.399 e. The van der Waals surface area contributed by atoms with Crippen LogP contribution in [0.3, 0.4) is 0 Å². The van der Waals surface area contributed by atoms with Crippen LogP contribution in [0.4, 0.5) is 5.69 Å². The van der Waals surface area contributed by atoms with Crippen LogP contribution in [0, 0.1) is 0 Å². The van der Waals surface area contributed by atoms with E-state index < -0.39 is 0 Å². The quantitative estimate of drug-likeness (QED) is 0.565. The average molecular weight is 293 g/mol. The Kier molecular flexibility index (Phi) is 2.83. The number of nitrogens with zero attached hydrogens (tertiary/aromatic N) is 4. The van der Waals surface area contributed by atoms with Crippen molar-refractivity contribution in [2.24, 2.45) is 0 Å². The van der Waals surface area contributed by atoms with Gasteiger partial charge in [-0.1, -0.05) is 24.3 Å². The highest BCUT2D eigenvalue weighted by Crippen LogP contribution is 2.26. The molecular formula is C16H15N5O. The molecule has 2 aromatic carbocycles. The van der Waals surface area contributed by atoms with Gasteiger partial charge in [0.25, 0.3) is 0 Å². The molecule has 4 rings (SSSR count). The molecule has 0 atom stereocenters. The molecule has 0 amide bonds. The lowest BCUT2D eigenvalue weighted by Crippen LogP contribution is -2.02. The molecule has 2 heterocycles. The van der Waals surface area contributed by atoms with Crippen LogP contribution >= 0.6 is 0 Å². The maximum Gasteiger partial charge on any atom is 0.236 e. The second-order valence-electron chi connectivity index (χ2n) is 5.15. The summed E-state index contributed by atoms with van der Waals surface area (Å²) in [6, 6.07) is 15.6. The average Bonchev–Trinajstić information content (AvgIpc) is 3.08. The number of rotatable bonds is 3. The Morgan fingerprint density at radius 1 is 1.00 bits per heavy atom. The molecule has 0 aliphatic carbocycles. The number of imidazole rings is 1. The zero-order chi connectivity index (χ0) is 15.1. The molecular weight excluding hydrogens is 278 g/mol. The molecule has 0 aliphatic heterocycles. The second kappa shape index (κ2) is 4.85. The highest BCUT2D eigenvalue weighted by Gasteiger charge is 2.17. The SMILES string of the molecule is Nc1cccc(-c2nnc3n(CCO)c4ccccc4n23)c1. The van der Waals surface area contributed by atoms with Gasteiger partial charge < -0.3 is 15.4 Å². The van der Waals surface area contributed by atoms with Crippen molar-refractivity contribution in [3.8, 4) is 11.4 Å². The lowest BCUT2D eigenvalue weighted by Gasteiger charge is -2.00. The number of nitrogens with two attached hydrogens (primary N) is 1. The summed E-state index contributed by atoms with van der Waals surface area (Å²) in [4.78, 5) is 0. The topological polar surface area (TPSA) is 81.4 Å². The molecule has 0 aliphatic rings. The largest absolute Gasteiger partial charge is 0.399 e. The highest BCUT2D eigenvalue weighted by atomic mass is 16.3. The van der Waals surface area contributed by atoms with Crippen LogP contribution in [-0.4, -0.2) is 30.9 Å². The van der Waals surface area contributed by atoms with Gasteiger partial charge in [0, 0.05) is 17.8 Å². The van der Waals surface area contributed by atoms with Crippen LogP contribution < -0.4 is 5.73 Å². The first kappa shape index (κ1) is 12.8. The summed E-state index contributed by atoms with van der Waals surface area (Å²) in [6.45, 7) is 0.529. The summed E-state index contributed by atoms with van der Waals surface area (Å²) < 4.78 is 3.97. The van der Waals surface area contributed by atoms with Crippen LogP contribution in [0.2, 0.25) is 0 Å². The van der Waals surface area contributed by atoms with Gasteiger partial charge in [0.15, 0.2) is 5.82 Å². The Bertz CT molecular complexity index is 969. The smallest absolute Gasteiger partial charge is 0.236 e. The molecule has 110 valence electrons. The third-order valence-electron chi connectivity index (χ3n) is 3.77. The summed E-state index contributed by atoms with van der Waals surface area (Å²) in [6.07, 6.45) is 0. The number of aromatic nitrogens is 4. The summed E-state index contributed by atoms with van der Waals surface area (Å²) >= 11 is 0. The fourth-order valence-corrected chi connectivity index (χ4v) is 2.85. The van der Waals surface area contributed by atoms with Gasteiger partial charge in [0.2, 0.25) is 5.78 Å². The standard InChI is InChI=1S/C16H15N5O/c17-12-5-3-4-11(10-12)15-18-19-16-20(8-9-22)13-6-1-2-7-14(13)21(15)16/h1-7,10,22H,8-9,17H2. The van der Waals surface area contributed by atoms with E-state index in [1.807, 2.05) is 57.5 Å².